The summed E-state index contributed by atoms with van der Waals surface area (Å²) in [5.74, 6) is 0.906. The number of rotatable bonds is 9. The zero-order chi connectivity index (χ0) is 14.8. The highest BCUT2D eigenvalue weighted by atomic mass is 16.5. The largest absolute Gasteiger partial charge is 0.494 e. The van der Waals surface area contributed by atoms with Gasteiger partial charge in [-0.15, -0.1) is 0 Å². The summed E-state index contributed by atoms with van der Waals surface area (Å²) in [6.45, 7) is 10.2. The number of benzene rings is 1. The smallest absolute Gasteiger partial charge is 0.216 e. The first kappa shape index (κ1) is 16.5. The van der Waals surface area contributed by atoms with Crippen molar-refractivity contribution in [1.29, 1.82) is 0 Å². The molecule has 0 aliphatic carbocycles. The lowest BCUT2D eigenvalue weighted by molar-refractivity contribution is -0.118. The Bertz CT molecular complexity index is 403. The SMILES string of the molecule is CCN(CC)Cc1cccc(OCCCNC(C)=O)c1. The fourth-order valence-electron chi connectivity index (χ4n) is 1.97. The summed E-state index contributed by atoms with van der Waals surface area (Å²) >= 11 is 0. The standard InChI is InChI=1S/C16H26N2O2/c1-4-18(5-2)13-15-8-6-9-16(12-15)20-11-7-10-17-14(3)19/h6,8-9,12H,4-5,7,10-11,13H2,1-3H3,(H,17,19). The van der Waals surface area contributed by atoms with E-state index in [1.165, 1.54) is 12.5 Å². The van der Waals surface area contributed by atoms with Crippen molar-refractivity contribution in [3.63, 3.8) is 0 Å². The fraction of sp³-hybridized carbons (Fsp3) is 0.562. The normalized spacial score (nSPS) is 10.6. The Morgan fingerprint density at radius 1 is 1.30 bits per heavy atom. The van der Waals surface area contributed by atoms with Gasteiger partial charge in [0.25, 0.3) is 0 Å². The Hall–Kier alpha value is -1.55. The lowest BCUT2D eigenvalue weighted by atomic mass is 10.2. The number of nitrogens with one attached hydrogen (secondary N) is 1. The minimum atomic E-state index is 0.00576. The second-order valence-corrected chi connectivity index (χ2v) is 4.79. The number of ether oxygens (including phenoxy) is 1. The number of nitrogens with zero attached hydrogens (tertiary/aromatic N) is 1. The summed E-state index contributed by atoms with van der Waals surface area (Å²) < 4.78 is 5.71. The highest BCUT2D eigenvalue weighted by Crippen LogP contribution is 2.15. The van der Waals surface area contributed by atoms with Crippen LogP contribution in [0.25, 0.3) is 0 Å². The molecule has 0 saturated carbocycles. The molecule has 4 heteroatoms. The predicted molar refractivity (Wildman–Crippen MR) is 81.9 cm³/mol. The van der Waals surface area contributed by atoms with Gasteiger partial charge in [0.1, 0.15) is 5.75 Å². The molecule has 1 aromatic carbocycles. The number of hydrogen-bond donors (Lipinski definition) is 1. The van der Waals surface area contributed by atoms with Crippen LogP contribution in [0.4, 0.5) is 0 Å². The molecule has 1 aromatic rings. The summed E-state index contributed by atoms with van der Waals surface area (Å²) in [7, 11) is 0. The molecule has 0 atom stereocenters. The monoisotopic (exact) mass is 278 g/mol. The molecule has 0 radical (unpaired) electrons. The molecule has 1 rings (SSSR count). The van der Waals surface area contributed by atoms with Crippen molar-refractivity contribution >= 4 is 5.91 Å². The molecule has 20 heavy (non-hydrogen) atoms. The van der Waals surface area contributed by atoms with Crippen molar-refractivity contribution < 1.29 is 9.53 Å². The van der Waals surface area contributed by atoms with Crippen molar-refractivity contribution in [3.05, 3.63) is 29.8 Å². The molecule has 0 spiro atoms. The molecule has 0 aromatic heterocycles. The van der Waals surface area contributed by atoms with E-state index in [9.17, 15) is 4.79 Å². The number of carbonyl (C=O) groups excluding carboxylic acids is 1. The van der Waals surface area contributed by atoms with E-state index in [2.05, 4.69) is 36.2 Å². The number of hydrogen-bond acceptors (Lipinski definition) is 3. The topological polar surface area (TPSA) is 41.6 Å². The third-order valence-corrected chi connectivity index (χ3v) is 3.16. The molecule has 1 amide bonds. The van der Waals surface area contributed by atoms with Crippen LogP contribution in [0.5, 0.6) is 5.75 Å². The van der Waals surface area contributed by atoms with Gasteiger partial charge in [0.15, 0.2) is 0 Å². The Labute approximate surface area is 122 Å². The van der Waals surface area contributed by atoms with E-state index in [1.54, 1.807) is 0 Å². The Kier molecular flexibility index (Phi) is 7.73. The minimum Gasteiger partial charge on any atom is -0.494 e. The van der Waals surface area contributed by atoms with Gasteiger partial charge in [0, 0.05) is 20.0 Å². The summed E-state index contributed by atoms with van der Waals surface area (Å²) in [6.07, 6.45) is 0.819. The van der Waals surface area contributed by atoms with E-state index >= 15 is 0 Å². The molecule has 0 saturated heterocycles. The molecule has 112 valence electrons. The van der Waals surface area contributed by atoms with Crippen LogP contribution in [0.2, 0.25) is 0 Å². The highest BCUT2D eigenvalue weighted by molar-refractivity contribution is 5.72. The Morgan fingerprint density at radius 2 is 2.05 bits per heavy atom. The molecule has 4 nitrogen and oxygen atoms in total. The van der Waals surface area contributed by atoms with E-state index in [-0.39, 0.29) is 5.91 Å². The number of carbonyl (C=O) groups is 1. The van der Waals surface area contributed by atoms with E-state index in [0.717, 1.165) is 31.8 Å². The van der Waals surface area contributed by atoms with Crippen molar-refractivity contribution in [2.45, 2.75) is 33.7 Å². The summed E-state index contributed by atoms with van der Waals surface area (Å²) in [5.41, 5.74) is 1.27. The van der Waals surface area contributed by atoms with Crippen LogP contribution < -0.4 is 10.1 Å². The van der Waals surface area contributed by atoms with Gasteiger partial charge in [0.05, 0.1) is 6.61 Å². The van der Waals surface area contributed by atoms with Gasteiger partial charge in [-0.25, -0.2) is 0 Å². The Balaban J connectivity index is 2.37. The number of amides is 1. The quantitative estimate of drug-likeness (QED) is 0.705. The second kappa shape index (κ2) is 9.37. The van der Waals surface area contributed by atoms with Crippen molar-refractivity contribution in [2.24, 2.45) is 0 Å². The van der Waals surface area contributed by atoms with E-state index < -0.39 is 0 Å². The van der Waals surface area contributed by atoms with Crippen molar-refractivity contribution in [1.82, 2.24) is 10.2 Å². The highest BCUT2D eigenvalue weighted by Gasteiger charge is 2.02. The van der Waals surface area contributed by atoms with Crippen LogP contribution in [-0.2, 0) is 11.3 Å². The van der Waals surface area contributed by atoms with Gasteiger partial charge in [-0.05, 0) is 37.2 Å². The van der Waals surface area contributed by atoms with Crippen molar-refractivity contribution in [3.8, 4) is 5.75 Å². The zero-order valence-corrected chi connectivity index (χ0v) is 12.8. The molecule has 0 bridgehead atoms. The second-order valence-electron chi connectivity index (χ2n) is 4.79. The molecule has 1 N–H and O–H groups in total. The van der Waals surface area contributed by atoms with Crippen LogP contribution in [0.15, 0.2) is 24.3 Å². The third-order valence-electron chi connectivity index (χ3n) is 3.16. The Morgan fingerprint density at radius 3 is 2.70 bits per heavy atom. The molecule has 0 heterocycles. The summed E-state index contributed by atoms with van der Waals surface area (Å²) in [5, 5.41) is 2.76. The average Bonchev–Trinajstić information content (AvgIpc) is 2.44. The molecular formula is C16H26N2O2. The molecule has 0 unspecified atom stereocenters. The van der Waals surface area contributed by atoms with E-state index in [4.69, 9.17) is 4.74 Å². The van der Waals surface area contributed by atoms with Crippen LogP contribution in [0, 0.1) is 0 Å². The molecule has 0 aliphatic heterocycles. The maximum Gasteiger partial charge on any atom is 0.216 e. The average molecular weight is 278 g/mol. The van der Waals surface area contributed by atoms with Crippen molar-refractivity contribution in [2.75, 3.05) is 26.2 Å². The van der Waals surface area contributed by atoms with Crippen LogP contribution in [-0.4, -0.2) is 37.0 Å². The molecule has 0 fully saturated rings. The first-order valence-electron chi connectivity index (χ1n) is 7.34. The maximum atomic E-state index is 10.7. The first-order chi connectivity index (χ1) is 9.65. The minimum absolute atomic E-state index is 0.00576. The van der Waals surface area contributed by atoms with Gasteiger partial charge in [-0.3, -0.25) is 9.69 Å². The fourth-order valence-corrected chi connectivity index (χ4v) is 1.97. The van der Waals surface area contributed by atoms with Crippen LogP contribution in [0.1, 0.15) is 32.8 Å². The summed E-state index contributed by atoms with van der Waals surface area (Å²) in [6, 6.07) is 8.23. The lowest BCUT2D eigenvalue weighted by Crippen LogP contribution is -2.22. The lowest BCUT2D eigenvalue weighted by Gasteiger charge is -2.18. The van der Waals surface area contributed by atoms with Crippen LogP contribution in [0.3, 0.4) is 0 Å². The van der Waals surface area contributed by atoms with E-state index in [0.29, 0.717) is 13.2 Å². The first-order valence-corrected chi connectivity index (χ1v) is 7.34. The van der Waals surface area contributed by atoms with E-state index in [1.807, 2.05) is 12.1 Å². The van der Waals surface area contributed by atoms with Gasteiger partial charge in [0.2, 0.25) is 5.91 Å². The van der Waals surface area contributed by atoms with Gasteiger partial charge < -0.3 is 10.1 Å². The predicted octanol–water partition coefficient (Wildman–Crippen LogP) is 2.43. The molecular weight excluding hydrogens is 252 g/mol. The van der Waals surface area contributed by atoms with Gasteiger partial charge >= 0.3 is 0 Å². The van der Waals surface area contributed by atoms with Gasteiger partial charge in [-0.1, -0.05) is 26.0 Å². The maximum absolute atomic E-state index is 10.7. The third kappa shape index (κ3) is 6.57. The molecule has 0 aliphatic rings. The van der Waals surface area contributed by atoms with Crippen LogP contribution >= 0.6 is 0 Å². The van der Waals surface area contributed by atoms with Gasteiger partial charge in [-0.2, -0.15) is 0 Å². The summed E-state index contributed by atoms with van der Waals surface area (Å²) in [4.78, 5) is 13.1. The zero-order valence-electron chi connectivity index (χ0n) is 12.8.